The van der Waals surface area contributed by atoms with Crippen molar-refractivity contribution in [2.45, 2.75) is 4.90 Å². The molecule has 2 rings (SSSR count). The highest BCUT2D eigenvalue weighted by molar-refractivity contribution is 7.92. The van der Waals surface area contributed by atoms with Gasteiger partial charge in [0.1, 0.15) is 11.5 Å². The topological polar surface area (TPSA) is 113 Å². The quantitative estimate of drug-likeness (QED) is 0.636. The lowest BCUT2D eigenvalue weighted by Crippen LogP contribution is -2.12. The molecule has 0 heterocycles. The summed E-state index contributed by atoms with van der Waals surface area (Å²) < 4.78 is 26.4. The predicted octanol–water partition coefficient (Wildman–Crippen LogP) is 1.48. The van der Waals surface area contributed by atoms with E-state index in [-0.39, 0.29) is 16.4 Å². The van der Waals surface area contributed by atoms with Gasteiger partial charge in [0.25, 0.3) is 10.0 Å². The van der Waals surface area contributed by atoms with E-state index in [1.54, 1.807) is 12.1 Å². The maximum atomic E-state index is 12.0. The van der Waals surface area contributed by atoms with Crippen LogP contribution in [0.15, 0.2) is 47.4 Å². The molecule has 0 aliphatic carbocycles. The van der Waals surface area contributed by atoms with E-state index in [0.717, 1.165) is 18.2 Å². The van der Waals surface area contributed by atoms with Gasteiger partial charge in [-0.3, -0.25) is 4.72 Å². The molecule has 0 atom stereocenters. The Balaban J connectivity index is 2.37. The van der Waals surface area contributed by atoms with Crippen LogP contribution in [0.2, 0.25) is 0 Å². The van der Waals surface area contributed by atoms with E-state index < -0.39 is 10.0 Å². The summed E-state index contributed by atoms with van der Waals surface area (Å²) in [6.07, 6.45) is 0. The van der Waals surface area contributed by atoms with Gasteiger partial charge in [0, 0.05) is 23.9 Å². The van der Waals surface area contributed by atoms with Gasteiger partial charge in [-0.2, -0.15) is 0 Å². The van der Waals surface area contributed by atoms with E-state index in [4.69, 9.17) is 5.73 Å². The first-order valence-corrected chi connectivity index (χ1v) is 6.76. The molecule has 2 aromatic rings. The van der Waals surface area contributed by atoms with Crippen LogP contribution in [0.25, 0.3) is 0 Å². The number of sulfonamides is 1. The Hall–Kier alpha value is -2.41. The van der Waals surface area contributed by atoms with Crippen molar-refractivity contribution >= 4 is 21.4 Å². The Labute approximate surface area is 110 Å². The highest BCUT2D eigenvalue weighted by Crippen LogP contribution is 2.25. The van der Waals surface area contributed by atoms with Gasteiger partial charge in [0.15, 0.2) is 0 Å². The summed E-state index contributed by atoms with van der Waals surface area (Å²) >= 11 is 0. The molecule has 0 bridgehead atoms. The number of phenols is 2. The molecule has 0 aliphatic rings. The Morgan fingerprint density at radius 1 is 1.00 bits per heavy atom. The van der Waals surface area contributed by atoms with Crippen LogP contribution in [0.5, 0.6) is 11.5 Å². The van der Waals surface area contributed by atoms with Crippen molar-refractivity contribution in [3.63, 3.8) is 0 Å². The molecule has 0 fully saturated rings. The fraction of sp³-hybridized carbons (Fsp3) is 0. The van der Waals surface area contributed by atoms with Crippen LogP contribution in [0.1, 0.15) is 0 Å². The van der Waals surface area contributed by atoms with Crippen molar-refractivity contribution in [2.75, 3.05) is 10.5 Å². The molecule has 2 aromatic carbocycles. The lowest BCUT2D eigenvalue weighted by atomic mass is 10.3. The number of nitrogens with one attached hydrogen (secondary N) is 1. The van der Waals surface area contributed by atoms with Crippen LogP contribution in [0, 0.1) is 0 Å². The zero-order valence-corrected chi connectivity index (χ0v) is 10.6. The van der Waals surface area contributed by atoms with Gasteiger partial charge in [-0.25, -0.2) is 8.42 Å². The molecular weight excluding hydrogens is 268 g/mol. The highest BCUT2D eigenvalue weighted by atomic mass is 32.2. The Morgan fingerprint density at radius 3 is 2.21 bits per heavy atom. The zero-order valence-electron chi connectivity index (χ0n) is 9.74. The number of anilines is 2. The summed E-state index contributed by atoms with van der Waals surface area (Å²) in [5.41, 5.74) is 6.26. The third-order valence-corrected chi connectivity index (χ3v) is 3.69. The number of benzene rings is 2. The number of phenolic OH excluding ortho intramolecular Hbond substituents is 2. The summed E-state index contributed by atoms with van der Waals surface area (Å²) in [5.74, 6) is -0.680. The van der Waals surface area contributed by atoms with Crippen LogP contribution >= 0.6 is 0 Å². The first kappa shape index (κ1) is 13.0. The molecule has 19 heavy (non-hydrogen) atoms. The number of nitrogen functional groups attached to an aromatic ring is 1. The average molecular weight is 280 g/mol. The van der Waals surface area contributed by atoms with Gasteiger partial charge in [0.05, 0.1) is 10.6 Å². The molecule has 7 heteroatoms. The van der Waals surface area contributed by atoms with Crippen molar-refractivity contribution in [2.24, 2.45) is 0 Å². The second-order valence-corrected chi connectivity index (χ2v) is 5.60. The van der Waals surface area contributed by atoms with Crippen LogP contribution < -0.4 is 10.5 Å². The smallest absolute Gasteiger partial charge is 0.262 e. The molecule has 6 nitrogen and oxygen atoms in total. The van der Waals surface area contributed by atoms with Gasteiger partial charge in [-0.1, -0.05) is 6.07 Å². The number of aromatic hydroxyl groups is 2. The maximum absolute atomic E-state index is 12.0. The molecule has 5 N–H and O–H groups in total. The average Bonchev–Trinajstić information content (AvgIpc) is 2.26. The van der Waals surface area contributed by atoms with Crippen molar-refractivity contribution in [1.82, 2.24) is 0 Å². The molecule has 0 saturated carbocycles. The summed E-state index contributed by atoms with van der Waals surface area (Å²) in [6, 6.07) is 9.34. The maximum Gasteiger partial charge on any atom is 0.262 e. The third kappa shape index (κ3) is 3.08. The molecule has 0 radical (unpaired) electrons. The van der Waals surface area contributed by atoms with E-state index in [2.05, 4.69) is 4.72 Å². The molecule has 0 amide bonds. The second kappa shape index (κ2) is 4.69. The molecule has 0 aromatic heterocycles. The summed E-state index contributed by atoms with van der Waals surface area (Å²) in [4.78, 5) is -0.243. The van der Waals surface area contributed by atoms with E-state index in [9.17, 15) is 18.6 Å². The second-order valence-electron chi connectivity index (χ2n) is 3.92. The minimum atomic E-state index is -3.90. The standard InChI is InChI=1S/C12H12N2O4S/c13-8-2-1-3-9(4-8)14-19(17,18)12-6-10(15)5-11(16)7-12/h1-7,14-16H,13H2. The van der Waals surface area contributed by atoms with Gasteiger partial charge in [0.2, 0.25) is 0 Å². The lowest BCUT2D eigenvalue weighted by Gasteiger charge is -2.09. The van der Waals surface area contributed by atoms with Crippen LogP contribution in [-0.4, -0.2) is 18.6 Å². The van der Waals surface area contributed by atoms with Gasteiger partial charge >= 0.3 is 0 Å². The third-order valence-electron chi connectivity index (χ3n) is 2.33. The monoisotopic (exact) mass is 280 g/mol. The normalized spacial score (nSPS) is 11.2. The fourth-order valence-electron chi connectivity index (χ4n) is 1.54. The van der Waals surface area contributed by atoms with Crippen LogP contribution in [-0.2, 0) is 10.0 Å². The molecule has 0 unspecified atom stereocenters. The summed E-state index contributed by atoms with van der Waals surface area (Å²) in [6.45, 7) is 0. The Bertz CT molecular complexity index is 693. The Morgan fingerprint density at radius 2 is 1.63 bits per heavy atom. The molecule has 0 spiro atoms. The largest absolute Gasteiger partial charge is 0.508 e. The zero-order chi connectivity index (χ0) is 14.0. The highest BCUT2D eigenvalue weighted by Gasteiger charge is 2.16. The fourth-order valence-corrected chi connectivity index (χ4v) is 2.65. The number of rotatable bonds is 3. The van der Waals surface area contributed by atoms with Crippen molar-refractivity contribution in [3.8, 4) is 11.5 Å². The van der Waals surface area contributed by atoms with E-state index in [1.165, 1.54) is 12.1 Å². The van der Waals surface area contributed by atoms with Gasteiger partial charge in [-0.15, -0.1) is 0 Å². The summed E-state index contributed by atoms with van der Waals surface area (Å²) in [5, 5.41) is 18.6. The molecular formula is C12H12N2O4S. The SMILES string of the molecule is Nc1cccc(NS(=O)(=O)c2cc(O)cc(O)c2)c1. The molecule has 100 valence electrons. The first-order valence-electron chi connectivity index (χ1n) is 5.28. The number of nitrogens with two attached hydrogens (primary N) is 1. The lowest BCUT2D eigenvalue weighted by molar-refractivity contribution is 0.447. The van der Waals surface area contributed by atoms with Crippen molar-refractivity contribution < 1.29 is 18.6 Å². The van der Waals surface area contributed by atoms with Gasteiger partial charge in [-0.05, 0) is 18.2 Å². The number of hydrogen-bond donors (Lipinski definition) is 4. The van der Waals surface area contributed by atoms with E-state index in [0.29, 0.717) is 11.4 Å². The molecule has 0 saturated heterocycles. The molecule has 0 aliphatic heterocycles. The van der Waals surface area contributed by atoms with Gasteiger partial charge < -0.3 is 15.9 Å². The van der Waals surface area contributed by atoms with Crippen molar-refractivity contribution in [3.05, 3.63) is 42.5 Å². The predicted molar refractivity (Wildman–Crippen MR) is 71.4 cm³/mol. The van der Waals surface area contributed by atoms with Crippen LogP contribution in [0.3, 0.4) is 0 Å². The van der Waals surface area contributed by atoms with Crippen LogP contribution in [0.4, 0.5) is 11.4 Å². The van der Waals surface area contributed by atoms with E-state index >= 15 is 0 Å². The minimum absolute atomic E-state index is 0.243. The Kier molecular flexibility index (Phi) is 3.22. The number of hydrogen-bond acceptors (Lipinski definition) is 5. The summed E-state index contributed by atoms with van der Waals surface area (Å²) in [7, 11) is -3.90. The van der Waals surface area contributed by atoms with E-state index in [1.807, 2.05) is 0 Å². The first-order chi connectivity index (χ1) is 8.87. The van der Waals surface area contributed by atoms with Crippen molar-refractivity contribution in [1.29, 1.82) is 0 Å². The minimum Gasteiger partial charge on any atom is -0.508 e.